The van der Waals surface area contributed by atoms with E-state index in [1.165, 1.54) is 22.8 Å². The third-order valence-corrected chi connectivity index (χ3v) is 3.42. The van der Waals surface area contributed by atoms with Gasteiger partial charge in [0, 0.05) is 6.07 Å². The lowest BCUT2D eigenvalue weighted by atomic mass is 10.2. The van der Waals surface area contributed by atoms with Gasteiger partial charge in [-0.15, -0.1) is 0 Å². The molecular formula is C14H10ClF2N3. The van der Waals surface area contributed by atoms with E-state index in [9.17, 15) is 8.78 Å². The molecule has 1 heterocycles. The Morgan fingerprint density at radius 1 is 1.20 bits per heavy atom. The van der Waals surface area contributed by atoms with Gasteiger partial charge >= 0.3 is 0 Å². The molecule has 102 valence electrons. The maximum Gasteiger partial charge on any atom is 0.206 e. The largest absolute Gasteiger partial charge is 0.369 e. The summed E-state index contributed by atoms with van der Waals surface area (Å²) < 4.78 is 29.1. The number of aryl methyl sites for hydroxylation is 1. The van der Waals surface area contributed by atoms with Gasteiger partial charge in [-0.25, -0.2) is 13.8 Å². The van der Waals surface area contributed by atoms with Crippen molar-refractivity contribution in [1.29, 1.82) is 0 Å². The average Bonchev–Trinajstić information content (AvgIpc) is 2.67. The van der Waals surface area contributed by atoms with Crippen LogP contribution in [0.1, 0.15) is 5.56 Å². The van der Waals surface area contributed by atoms with Crippen LogP contribution < -0.4 is 5.73 Å². The molecule has 20 heavy (non-hydrogen) atoms. The number of aromatic nitrogens is 2. The second kappa shape index (κ2) is 4.45. The summed E-state index contributed by atoms with van der Waals surface area (Å²) in [5.41, 5.74) is 7.56. The number of nitrogens with two attached hydrogens (primary N) is 1. The lowest BCUT2D eigenvalue weighted by Crippen LogP contribution is -2.05. The molecule has 3 rings (SSSR count). The molecule has 0 radical (unpaired) electrons. The van der Waals surface area contributed by atoms with Gasteiger partial charge in [-0.05, 0) is 24.6 Å². The zero-order chi connectivity index (χ0) is 14.4. The number of anilines is 1. The van der Waals surface area contributed by atoms with Crippen LogP contribution in [0.4, 0.5) is 14.7 Å². The second-order valence-electron chi connectivity index (χ2n) is 4.47. The van der Waals surface area contributed by atoms with E-state index < -0.39 is 11.6 Å². The van der Waals surface area contributed by atoms with Crippen molar-refractivity contribution in [3.8, 4) is 5.69 Å². The standard InChI is InChI=1S/C14H10ClF2N3/c1-7-3-2-4-9(16)13(7)20-12-6-10(17)8(15)5-11(12)19-14(20)18/h2-6H,1H3,(H2,18,19). The first-order chi connectivity index (χ1) is 9.49. The fourth-order valence-corrected chi connectivity index (χ4v) is 2.39. The van der Waals surface area contributed by atoms with E-state index >= 15 is 0 Å². The number of hydrogen-bond donors (Lipinski definition) is 1. The summed E-state index contributed by atoms with van der Waals surface area (Å²) in [6, 6.07) is 7.24. The quantitative estimate of drug-likeness (QED) is 0.740. The lowest BCUT2D eigenvalue weighted by molar-refractivity contribution is 0.617. The third-order valence-electron chi connectivity index (χ3n) is 3.13. The first-order valence-electron chi connectivity index (χ1n) is 5.87. The van der Waals surface area contributed by atoms with Crippen LogP contribution in [-0.2, 0) is 0 Å². The van der Waals surface area contributed by atoms with Crippen LogP contribution in [-0.4, -0.2) is 9.55 Å². The van der Waals surface area contributed by atoms with Crippen LogP contribution in [0, 0.1) is 18.6 Å². The monoisotopic (exact) mass is 293 g/mol. The highest BCUT2D eigenvalue weighted by molar-refractivity contribution is 6.31. The molecule has 0 aliphatic heterocycles. The maximum atomic E-state index is 14.1. The van der Waals surface area contributed by atoms with Gasteiger partial charge in [-0.3, -0.25) is 4.57 Å². The number of hydrogen-bond acceptors (Lipinski definition) is 2. The number of imidazole rings is 1. The van der Waals surface area contributed by atoms with Crippen LogP contribution >= 0.6 is 11.6 Å². The predicted octanol–water partition coefficient (Wildman–Crippen LogP) is 3.85. The number of benzene rings is 2. The zero-order valence-corrected chi connectivity index (χ0v) is 11.2. The molecule has 0 fully saturated rings. The normalized spacial score (nSPS) is 11.2. The highest BCUT2D eigenvalue weighted by Gasteiger charge is 2.17. The SMILES string of the molecule is Cc1cccc(F)c1-n1c(N)nc2cc(Cl)c(F)cc21. The predicted molar refractivity (Wildman–Crippen MR) is 75.1 cm³/mol. The van der Waals surface area contributed by atoms with Gasteiger partial charge in [0.1, 0.15) is 11.6 Å². The third kappa shape index (κ3) is 1.82. The molecule has 0 aliphatic carbocycles. The van der Waals surface area contributed by atoms with Crippen LogP contribution in [0.5, 0.6) is 0 Å². The van der Waals surface area contributed by atoms with E-state index in [0.717, 1.165) is 0 Å². The lowest BCUT2D eigenvalue weighted by Gasteiger charge is -2.11. The fourth-order valence-electron chi connectivity index (χ4n) is 2.23. The first kappa shape index (κ1) is 12.9. The zero-order valence-electron chi connectivity index (χ0n) is 10.5. The summed E-state index contributed by atoms with van der Waals surface area (Å²) >= 11 is 5.72. The van der Waals surface area contributed by atoms with E-state index in [1.54, 1.807) is 19.1 Å². The minimum atomic E-state index is -0.602. The first-order valence-corrected chi connectivity index (χ1v) is 6.25. The van der Waals surface area contributed by atoms with Gasteiger partial charge in [0.2, 0.25) is 5.95 Å². The molecule has 0 spiro atoms. The number of nitrogen functional groups attached to an aromatic ring is 1. The molecule has 3 nitrogen and oxygen atoms in total. The van der Waals surface area contributed by atoms with E-state index in [1.807, 2.05) is 0 Å². The average molecular weight is 294 g/mol. The summed E-state index contributed by atoms with van der Waals surface area (Å²) in [6.45, 7) is 1.75. The topological polar surface area (TPSA) is 43.8 Å². The van der Waals surface area contributed by atoms with E-state index in [-0.39, 0.29) is 16.7 Å². The van der Waals surface area contributed by atoms with Gasteiger partial charge < -0.3 is 5.73 Å². The molecule has 6 heteroatoms. The molecule has 2 N–H and O–H groups in total. The molecular weight excluding hydrogens is 284 g/mol. The van der Waals surface area contributed by atoms with Crippen LogP contribution in [0.3, 0.4) is 0 Å². The molecule has 1 aromatic heterocycles. The summed E-state index contributed by atoms with van der Waals surface area (Å²) in [7, 11) is 0. The van der Waals surface area contributed by atoms with Crippen molar-refractivity contribution in [3.63, 3.8) is 0 Å². The van der Waals surface area contributed by atoms with Crippen molar-refractivity contribution >= 4 is 28.6 Å². The highest BCUT2D eigenvalue weighted by atomic mass is 35.5. The Balaban J connectivity index is 2.42. The summed E-state index contributed by atoms with van der Waals surface area (Å²) in [5, 5.41) is -0.0487. The Hall–Kier alpha value is -2.14. The fraction of sp³-hybridized carbons (Fsp3) is 0.0714. The Bertz CT molecular complexity index is 807. The molecule has 0 amide bonds. The van der Waals surface area contributed by atoms with Crippen LogP contribution in [0.15, 0.2) is 30.3 Å². The van der Waals surface area contributed by atoms with Gasteiger partial charge in [0.15, 0.2) is 0 Å². The Kier molecular flexibility index (Phi) is 2.87. The Morgan fingerprint density at radius 2 is 1.95 bits per heavy atom. The smallest absolute Gasteiger partial charge is 0.206 e. The molecule has 0 unspecified atom stereocenters. The Morgan fingerprint density at radius 3 is 2.65 bits per heavy atom. The molecule has 0 aliphatic rings. The van der Waals surface area contributed by atoms with Gasteiger partial charge in [0.05, 0.1) is 21.7 Å². The molecule has 2 aromatic carbocycles. The van der Waals surface area contributed by atoms with E-state index in [2.05, 4.69) is 4.98 Å². The van der Waals surface area contributed by atoms with Crippen molar-refractivity contribution < 1.29 is 8.78 Å². The molecule has 0 bridgehead atoms. The molecule has 3 aromatic rings. The van der Waals surface area contributed by atoms with Gasteiger partial charge in [0.25, 0.3) is 0 Å². The number of fused-ring (bicyclic) bond motifs is 1. The number of halogens is 3. The van der Waals surface area contributed by atoms with E-state index in [0.29, 0.717) is 16.6 Å². The highest BCUT2D eigenvalue weighted by Crippen LogP contribution is 2.30. The van der Waals surface area contributed by atoms with Crippen molar-refractivity contribution in [2.75, 3.05) is 5.73 Å². The van der Waals surface area contributed by atoms with Gasteiger partial charge in [-0.1, -0.05) is 23.7 Å². The van der Waals surface area contributed by atoms with E-state index in [4.69, 9.17) is 17.3 Å². The number of nitrogens with zero attached hydrogens (tertiary/aromatic N) is 2. The van der Waals surface area contributed by atoms with Crippen molar-refractivity contribution in [3.05, 3.63) is 52.6 Å². The maximum absolute atomic E-state index is 14.1. The van der Waals surface area contributed by atoms with Gasteiger partial charge in [-0.2, -0.15) is 0 Å². The summed E-state index contributed by atoms with van der Waals surface area (Å²) in [5.74, 6) is -0.976. The molecule has 0 saturated carbocycles. The van der Waals surface area contributed by atoms with Crippen LogP contribution in [0.2, 0.25) is 5.02 Å². The summed E-state index contributed by atoms with van der Waals surface area (Å²) in [6.07, 6.45) is 0. The second-order valence-corrected chi connectivity index (χ2v) is 4.87. The minimum absolute atomic E-state index is 0.0487. The minimum Gasteiger partial charge on any atom is -0.369 e. The Labute approximate surface area is 118 Å². The number of para-hydroxylation sites is 1. The summed E-state index contributed by atoms with van der Waals surface area (Å²) in [4.78, 5) is 4.10. The van der Waals surface area contributed by atoms with Crippen molar-refractivity contribution in [2.24, 2.45) is 0 Å². The molecule has 0 atom stereocenters. The van der Waals surface area contributed by atoms with Crippen molar-refractivity contribution in [2.45, 2.75) is 6.92 Å². The molecule has 0 saturated heterocycles. The van der Waals surface area contributed by atoms with Crippen molar-refractivity contribution in [1.82, 2.24) is 9.55 Å². The van der Waals surface area contributed by atoms with Crippen LogP contribution in [0.25, 0.3) is 16.7 Å². The number of rotatable bonds is 1.